The predicted octanol–water partition coefficient (Wildman–Crippen LogP) is 4.64. The fraction of sp³-hybridized carbons (Fsp3) is 0.158. The van der Waals surface area contributed by atoms with Crippen LogP contribution in [-0.2, 0) is 11.8 Å². The highest BCUT2D eigenvalue weighted by Gasteiger charge is 2.35. The largest absolute Gasteiger partial charge is 0.416 e. The summed E-state index contributed by atoms with van der Waals surface area (Å²) in [6, 6.07) is 3.66. The van der Waals surface area contributed by atoms with E-state index in [1.807, 2.05) is 0 Å². The molecule has 0 radical (unpaired) electrons. The van der Waals surface area contributed by atoms with E-state index in [-0.39, 0.29) is 28.4 Å². The second kappa shape index (κ2) is 7.36. The van der Waals surface area contributed by atoms with Gasteiger partial charge in [-0.2, -0.15) is 26.9 Å². The van der Waals surface area contributed by atoms with Gasteiger partial charge in [0.2, 0.25) is 5.95 Å². The molecule has 0 fully saturated rings. The highest BCUT2D eigenvalue weighted by atomic mass is 31.0. The van der Waals surface area contributed by atoms with E-state index >= 15 is 0 Å². The average Bonchev–Trinajstić information content (AvgIpc) is 2.61. The van der Waals surface area contributed by atoms with Crippen molar-refractivity contribution >= 4 is 38.0 Å². The summed E-state index contributed by atoms with van der Waals surface area (Å²) < 4.78 is 67.9. The van der Waals surface area contributed by atoms with Gasteiger partial charge in [0.05, 0.1) is 16.5 Å². The lowest BCUT2D eigenvalue weighted by Gasteiger charge is -2.19. The van der Waals surface area contributed by atoms with Crippen LogP contribution in [0.5, 0.6) is 0 Å². The predicted molar refractivity (Wildman–Crippen MR) is 110 cm³/mol. The first-order valence-electron chi connectivity index (χ1n) is 8.47. The number of fused-ring (bicyclic) bond motifs is 1. The van der Waals surface area contributed by atoms with Crippen LogP contribution in [0.4, 0.5) is 33.7 Å². The Morgan fingerprint density at radius 3 is 2.17 bits per heavy atom. The van der Waals surface area contributed by atoms with E-state index in [1.54, 1.807) is 6.92 Å². The summed E-state index contributed by atoms with van der Waals surface area (Å²) in [7, 11) is 1.25. The number of nitrogen functional groups attached to an aromatic ring is 2. The third-order valence-electron chi connectivity index (χ3n) is 4.56. The molecule has 2 aromatic carbocycles. The maximum atomic E-state index is 13.9. The summed E-state index contributed by atoms with van der Waals surface area (Å²) in [4.78, 5) is 7.99. The summed E-state index contributed by atoms with van der Waals surface area (Å²) in [6.07, 6.45) is -2.12. The van der Waals surface area contributed by atoms with Gasteiger partial charge in [-0.25, -0.2) is 4.98 Å². The molecule has 0 spiro atoms. The first-order chi connectivity index (χ1) is 13.8. The second-order valence-electron chi connectivity index (χ2n) is 6.60. The van der Waals surface area contributed by atoms with Crippen LogP contribution in [0.2, 0.25) is 0 Å². The lowest BCUT2D eigenvalue weighted by atomic mass is 9.91. The quantitative estimate of drug-likeness (QED) is 0.406. The summed E-state index contributed by atoms with van der Waals surface area (Å²) in [5, 5.41) is 0.399. The molecule has 1 unspecified atom stereocenters. The highest BCUT2D eigenvalue weighted by Crippen LogP contribution is 2.42. The molecule has 3 rings (SSSR count). The zero-order valence-electron chi connectivity index (χ0n) is 15.6. The van der Waals surface area contributed by atoms with E-state index in [2.05, 4.69) is 9.97 Å². The van der Waals surface area contributed by atoms with Crippen LogP contribution in [0, 0.1) is 6.92 Å². The number of anilines is 2. The standard InChI is InChI=1S/C19H17F5N5P/c1-8-12(2-3-25)15-14(28-17(27)29-16(15)26)7-13(8)9-4-10(18(20,21)22)6-11(5-9)19(23,24)30/h2-7H,25,30H2,1H3,(H4,26,27,28,29)/b3-2-. The van der Waals surface area contributed by atoms with Crippen LogP contribution in [0.25, 0.3) is 28.1 Å². The molecular weight excluding hydrogens is 424 g/mol. The Bertz CT molecular complexity index is 1140. The molecule has 11 heteroatoms. The van der Waals surface area contributed by atoms with Gasteiger partial charge >= 0.3 is 6.18 Å². The molecule has 0 bridgehead atoms. The molecule has 1 heterocycles. The van der Waals surface area contributed by atoms with Crippen molar-refractivity contribution in [1.29, 1.82) is 0 Å². The van der Waals surface area contributed by atoms with Gasteiger partial charge < -0.3 is 17.2 Å². The minimum atomic E-state index is -4.82. The Morgan fingerprint density at radius 2 is 1.60 bits per heavy atom. The van der Waals surface area contributed by atoms with Crippen LogP contribution in [-0.4, -0.2) is 9.97 Å². The van der Waals surface area contributed by atoms with Crippen molar-refractivity contribution in [2.75, 3.05) is 11.5 Å². The minimum Gasteiger partial charge on any atom is -0.405 e. The van der Waals surface area contributed by atoms with Crippen LogP contribution >= 0.6 is 9.24 Å². The molecule has 0 aliphatic rings. The van der Waals surface area contributed by atoms with Crippen molar-refractivity contribution in [2.45, 2.75) is 18.8 Å². The van der Waals surface area contributed by atoms with E-state index in [0.29, 0.717) is 22.6 Å². The number of alkyl halides is 5. The fourth-order valence-corrected chi connectivity index (χ4v) is 3.38. The zero-order valence-corrected chi connectivity index (χ0v) is 16.7. The number of nitrogens with zero attached hydrogens (tertiary/aromatic N) is 2. The monoisotopic (exact) mass is 441 g/mol. The van der Waals surface area contributed by atoms with Gasteiger partial charge in [0, 0.05) is 5.56 Å². The van der Waals surface area contributed by atoms with Crippen molar-refractivity contribution in [3.05, 3.63) is 52.7 Å². The SMILES string of the molecule is Cc1c(-c2cc(C(F)(F)F)cc(C(F)(F)P)c2)cc2nc(N)nc(N)c2c1/C=C\N. The number of hydrogen-bond acceptors (Lipinski definition) is 5. The Labute approximate surface area is 170 Å². The number of halogens is 5. The molecule has 0 amide bonds. The van der Waals surface area contributed by atoms with Gasteiger partial charge in [-0.15, -0.1) is 0 Å². The molecule has 0 saturated heterocycles. The van der Waals surface area contributed by atoms with Gasteiger partial charge in [0.25, 0.3) is 5.66 Å². The molecule has 3 aromatic rings. The average molecular weight is 441 g/mol. The second-order valence-corrected chi connectivity index (χ2v) is 7.33. The van der Waals surface area contributed by atoms with Crippen molar-refractivity contribution in [1.82, 2.24) is 9.97 Å². The third-order valence-corrected chi connectivity index (χ3v) is 4.89. The maximum absolute atomic E-state index is 13.9. The molecule has 158 valence electrons. The highest BCUT2D eigenvalue weighted by molar-refractivity contribution is 7.17. The third kappa shape index (κ3) is 4.00. The van der Waals surface area contributed by atoms with Crippen LogP contribution in [0.15, 0.2) is 30.5 Å². The molecule has 0 saturated carbocycles. The van der Waals surface area contributed by atoms with Gasteiger partial charge in [0.15, 0.2) is 0 Å². The lowest BCUT2D eigenvalue weighted by molar-refractivity contribution is -0.137. The molecule has 6 N–H and O–H groups in total. The molecule has 5 nitrogen and oxygen atoms in total. The van der Waals surface area contributed by atoms with Crippen molar-refractivity contribution in [3.8, 4) is 11.1 Å². The minimum absolute atomic E-state index is 0.0569. The lowest BCUT2D eigenvalue weighted by Crippen LogP contribution is -2.10. The fourth-order valence-electron chi connectivity index (χ4n) is 3.22. The van der Waals surface area contributed by atoms with Crippen molar-refractivity contribution < 1.29 is 22.0 Å². The van der Waals surface area contributed by atoms with Crippen molar-refractivity contribution in [3.63, 3.8) is 0 Å². The first-order valence-corrected chi connectivity index (χ1v) is 9.05. The number of hydrogen-bond donors (Lipinski definition) is 3. The Kier molecular flexibility index (Phi) is 5.32. The van der Waals surface area contributed by atoms with E-state index in [4.69, 9.17) is 17.2 Å². The Hall–Kier alpha value is -3.00. The van der Waals surface area contributed by atoms with E-state index in [1.165, 1.54) is 27.6 Å². The zero-order chi connectivity index (χ0) is 22.4. The van der Waals surface area contributed by atoms with E-state index in [9.17, 15) is 22.0 Å². The Balaban J connectivity index is 2.43. The van der Waals surface area contributed by atoms with Gasteiger partial charge in [-0.05, 0) is 65.7 Å². The first kappa shape index (κ1) is 21.7. The Morgan fingerprint density at radius 1 is 0.967 bits per heavy atom. The van der Waals surface area contributed by atoms with Crippen LogP contribution in [0.3, 0.4) is 0 Å². The van der Waals surface area contributed by atoms with E-state index < -0.39 is 23.0 Å². The summed E-state index contributed by atoms with van der Waals surface area (Å²) in [5.74, 6) is -0.0832. The molecule has 1 aromatic heterocycles. The van der Waals surface area contributed by atoms with Gasteiger partial charge in [0.1, 0.15) is 5.82 Å². The molecule has 1 atom stereocenters. The maximum Gasteiger partial charge on any atom is 0.416 e. The van der Waals surface area contributed by atoms with E-state index in [0.717, 1.165) is 12.1 Å². The summed E-state index contributed by atoms with van der Waals surface area (Å²) in [5.41, 5.74) is 12.9. The van der Waals surface area contributed by atoms with Crippen LogP contribution < -0.4 is 17.2 Å². The molecule has 0 aliphatic heterocycles. The molecule has 30 heavy (non-hydrogen) atoms. The number of benzene rings is 2. The van der Waals surface area contributed by atoms with Crippen LogP contribution in [0.1, 0.15) is 22.3 Å². The number of rotatable bonds is 3. The summed E-state index contributed by atoms with van der Waals surface area (Å²) >= 11 is 0. The topological polar surface area (TPSA) is 104 Å². The number of nitrogens with two attached hydrogens (primary N) is 3. The molecular formula is C19H17F5N5P. The normalized spacial score (nSPS) is 12.8. The number of aromatic nitrogens is 2. The summed E-state index contributed by atoms with van der Waals surface area (Å²) in [6.45, 7) is 1.61. The van der Waals surface area contributed by atoms with Crippen molar-refractivity contribution in [2.24, 2.45) is 5.73 Å². The van der Waals surface area contributed by atoms with Gasteiger partial charge in [-0.1, -0.05) is 9.24 Å². The van der Waals surface area contributed by atoms with Gasteiger partial charge in [-0.3, -0.25) is 0 Å². The molecule has 0 aliphatic carbocycles. The smallest absolute Gasteiger partial charge is 0.405 e.